The molecule has 3 aliphatic rings. The summed E-state index contributed by atoms with van der Waals surface area (Å²) in [6.07, 6.45) is 30.5. The Balaban J connectivity index is 1.28. The number of aromatic nitrogens is 3. The Morgan fingerprint density at radius 1 is 1.14 bits per heavy atom. The molecule has 0 saturated carbocycles. The quantitative estimate of drug-likeness (QED) is 0.161. The van der Waals surface area contributed by atoms with Gasteiger partial charge in [0.15, 0.2) is 0 Å². The standard InChI is InChI=1S/C38H43N3O/c1-4-24-42-25-10-11-28(2)34-21-19-30(26-34)18-20-31-13-6-5-7-14-32-22-23-33(15-9-16-35(31)32)36-27-39-41-38(36)37-17-8-12-29(3)40-37/h6-9,12-13,15-17,19,22-23,27,34H,2,4-5,10-11,18,20-21,24-26H2,1,3H3,(H,39,41)/b13-6?,16-9+,23-22-,33-15-,35-31?. The van der Waals surface area contributed by atoms with E-state index < -0.39 is 0 Å². The van der Waals surface area contributed by atoms with Crippen LogP contribution in [0.5, 0.6) is 0 Å². The van der Waals surface area contributed by atoms with Crippen LogP contribution in [0, 0.1) is 12.8 Å². The fraction of sp³-hybridized carbons (Fsp3) is 0.342. The first-order chi connectivity index (χ1) is 20.6. The number of hydrogen-bond donors (Lipinski definition) is 1. The molecule has 2 aromatic heterocycles. The Labute approximate surface area is 251 Å². The third-order valence-electron chi connectivity index (χ3n) is 8.16. The number of hydrogen-bond acceptors (Lipinski definition) is 3. The van der Waals surface area contributed by atoms with Crippen molar-refractivity contribution >= 4 is 5.57 Å². The number of pyridine rings is 1. The predicted octanol–water partition coefficient (Wildman–Crippen LogP) is 9.51. The van der Waals surface area contributed by atoms with Crippen LogP contribution in [-0.2, 0) is 4.74 Å². The molecule has 1 atom stereocenters. The van der Waals surface area contributed by atoms with Gasteiger partial charge in [0.2, 0.25) is 0 Å². The molecule has 0 fully saturated rings. The average molecular weight is 558 g/mol. The van der Waals surface area contributed by atoms with Gasteiger partial charge in [0.1, 0.15) is 0 Å². The molecular formula is C38H43N3O. The third kappa shape index (κ3) is 7.64. The second kappa shape index (κ2) is 14.8. The number of fused-ring (bicyclic) bond motifs is 1. The van der Waals surface area contributed by atoms with Gasteiger partial charge < -0.3 is 4.74 Å². The molecule has 4 nitrogen and oxygen atoms in total. The number of aromatic amines is 1. The zero-order valence-corrected chi connectivity index (χ0v) is 25.2. The molecule has 0 radical (unpaired) electrons. The van der Waals surface area contributed by atoms with Crippen LogP contribution in [0.15, 0.2) is 119 Å². The number of rotatable bonds is 12. The summed E-state index contributed by atoms with van der Waals surface area (Å²) >= 11 is 0. The molecule has 5 rings (SSSR count). The van der Waals surface area contributed by atoms with Crippen LogP contribution >= 0.6 is 0 Å². The number of ether oxygens (including phenoxy) is 1. The molecule has 0 bridgehead atoms. The molecule has 4 heteroatoms. The van der Waals surface area contributed by atoms with E-state index in [1.807, 2.05) is 31.3 Å². The van der Waals surface area contributed by atoms with Gasteiger partial charge in [-0.15, -0.1) is 5.73 Å². The molecule has 2 aromatic rings. The molecule has 2 heterocycles. The number of nitrogens with zero attached hydrogens (tertiary/aromatic N) is 2. The Kier molecular flexibility index (Phi) is 10.4. The zero-order chi connectivity index (χ0) is 29.1. The van der Waals surface area contributed by atoms with E-state index in [2.05, 4.69) is 84.1 Å². The van der Waals surface area contributed by atoms with E-state index in [0.717, 1.165) is 98.4 Å². The van der Waals surface area contributed by atoms with Crippen LogP contribution in [0.4, 0.5) is 0 Å². The van der Waals surface area contributed by atoms with Crippen molar-refractivity contribution in [1.82, 2.24) is 15.2 Å². The summed E-state index contributed by atoms with van der Waals surface area (Å²) in [5, 5.41) is 7.51. The minimum atomic E-state index is 0.589. The molecule has 1 unspecified atom stereocenters. The largest absolute Gasteiger partial charge is 0.381 e. The molecular weight excluding hydrogens is 514 g/mol. The fourth-order valence-electron chi connectivity index (χ4n) is 5.83. The van der Waals surface area contributed by atoms with Crippen LogP contribution in [0.25, 0.3) is 17.0 Å². The predicted molar refractivity (Wildman–Crippen MR) is 175 cm³/mol. The summed E-state index contributed by atoms with van der Waals surface area (Å²) in [5.41, 5.74) is 15.2. The summed E-state index contributed by atoms with van der Waals surface area (Å²) in [6, 6.07) is 6.06. The maximum atomic E-state index is 5.66. The first-order valence-corrected chi connectivity index (χ1v) is 15.4. The summed E-state index contributed by atoms with van der Waals surface area (Å²) < 4.78 is 5.66. The lowest BCUT2D eigenvalue weighted by atomic mass is 9.89. The minimum absolute atomic E-state index is 0.589. The second-order valence-electron chi connectivity index (χ2n) is 11.3. The van der Waals surface area contributed by atoms with Gasteiger partial charge in [-0.2, -0.15) is 5.10 Å². The number of allylic oxidation sites excluding steroid dienone is 14. The lowest BCUT2D eigenvalue weighted by Gasteiger charge is -2.16. The van der Waals surface area contributed by atoms with Crippen molar-refractivity contribution in [3.63, 3.8) is 0 Å². The van der Waals surface area contributed by atoms with Gasteiger partial charge in [0.25, 0.3) is 0 Å². The van der Waals surface area contributed by atoms with E-state index in [-0.39, 0.29) is 0 Å². The molecule has 0 spiro atoms. The van der Waals surface area contributed by atoms with Crippen molar-refractivity contribution in [2.45, 2.75) is 65.2 Å². The third-order valence-corrected chi connectivity index (χ3v) is 8.16. The summed E-state index contributed by atoms with van der Waals surface area (Å²) in [4.78, 5) is 4.71. The van der Waals surface area contributed by atoms with Crippen LogP contribution in [0.2, 0.25) is 0 Å². The maximum Gasteiger partial charge on any atom is 0.0912 e. The Bertz CT molecular complexity index is 1530. The molecule has 216 valence electrons. The zero-order valence-electron chi connectivity index (χ0n) is 25.2. The highest BCUT2D eigenvalue weighted by Gasteiger charge is 2.20. The van der Waals surface area contributed by atoms with E-state index >= 15 is 0 Å². The van der Waals surface area contributed by atoms with Crippen molar-refractivity contribution in [2.24, 2.45) is 5.92 Å². The van der Waals surface area contributed by atoms with E-state index in [1.165, 1.54) is 16.7 Å². The molecule has 0 saturated heterocycles. The van der Waals surface area contributed by atoms with Crippen LogP contribution in [0.3, 0.4) is 0 Å². The van der Waals surface area contributed by atoms with Crippen molar-refractivity contribution in [3.05, 3.63) is 131 Å². The number of aryl methyl sites for hydroxylation is 1. The highest BCUT2D eigenvalue weighted by Crippen LogP contribution is 2.36. The van der Waals surface area contributed by atoms with Gasteiger partial charge in [-0.3, -0.25) is 10.1 Å². The van der Waals surface area contributed by atoms with Gasteiger partial charge in [0, 0.05) is 30.0 Å². The summed E-state index contributed by atoms with van der Waals surface area (Å²) in [6.45, 7) is 10.3. The number of H-pyrrole nitrogens is 1. The second-order valence-corrected chi connectivity index (χ2v) is 11.3. The van der Waals surface area contributed by atoms with Crippen LogP contribution in [0.1, 0.15) is 69.5 Å². The normalized spacial score (nSPS) is 20.9. The first-order valence-electron chi connectivity index (χ1n) is 15.4. The molecule has 0 aliphatic heterocycles. The Hall–Kier alpha value is -3.98. The van der Waals surface area contributed by atoms with Crippen molar-refractivity contribution < 1.29 is 4.74 Å². The SMILES string of the molecule is C=C(CCCOCCC)C1CC=C(CCC2=C3/C=C/C=C(c4cn[nH]c4-c4cccc(C)n4)/C=C\C3=C=CCC=C2)C1. The summed E-state index contributed by atoms with van der Waals surface area (Å²) in [5.74, 6) is 0.589. The van der Waals surface area contributed by atoms with Crippen molar-refractivity contribution in [2.75, 3.05) is 13.2 Å². The molecule has 42 heavy (non-hydrogen) atoms. The van der Waals surface area contributed by atoms with Crippen molar-refractivity contribution in [1.29, 1.82) is 0 Å². The number of nitrogens with one attached hydrogen (secondary N) is 1. The molecule has 0 aromatic carbocycles. The maximum absolute atomic E-state index is 5.66. The first kappa shape index (κ1) is 29.5. The highest BCUT2D eigenvalue weighted by molar-refractivity contribution is 5.84. The van der Waals surface area contributed by atoms with E-state index in [9.17, 15) is 0 Å². The van der Waals surface area contributed by atoms with Gasteiger partial charge >= 0.3 is 0 Å². The van der Waals surface area contributed by atoms with Gasteiger partial charge in [-0.1, -0.05) is 73.2 Å². The molecule has 1 N–H and O–H groups in total. The van der Waals surface area contributed by atoms with Gasteiger partial charge in [-0.05, 0) is 105 Å². The summed E-state index contributed by atoms with van der Waals surface area (Å²) in [7, 11) is 0. The topological polar surface area (TPSA) is 50.8 Å². The monoisotopic (exact) mass is 557 g/mol. The Morgan fingerprint density at radius 2 is 2.07 bits per heavy atom. The van der Waals surface area contributed by atoms with Gasteiger partial charge in [0.05, 0.1) is 17.6 Å². The fourth-order valence-corrected chi connectivity index (χ4v) is 5.83. The highest BCUT2D eigenvalue weighted by atomic mass is 16.5. The van der Waals surface area contributed by atoms with Crippen LogP contribution in [-0.4, -0.2) is 28.4 Å². The van der Waals surface area contributed by atoms with E-state index in [0.29, 0.717) is 5.92 Å². The van der Waals surface area contributed by atoms with Crippen LogP contribution < -0.4 is 0 Å². The molecule has 3 aliphatic carbocycles. The lowest BCUT2D eigenvalue weighted by molar-refractivity contribution is 0.132. The molecule has 0 amide bonds. The Morgan fingerprint density at radius 3 is 2.95 bits per heavy atom. The van der Waals surface area contributed by atoms with Crippen molar-refractivity contribution in [3.8, 4) is 11.4 Å². The average Bonchev–Trinajstić information content (AvgIpc) is 3.65. The van der Waals surface area contributed by atoms with Gasteiger partial charge in [-0.25, -0.2) is 0 Å². The van der Waals surface area contributed by atoms with E-state index in [4.69, 9.17) is 9.72 Å². The lowest BCUT2D eigenvalue weighted by Crippen LogP contribution is -2.02. The van der Waals surface area contributed by atoms with E-state index in [1.54, 1.807) is 5.57 Å². The smallest absolute Gasteiger partial charge is 0.0912 e. The minimum Gasteiger partial charge on any atom is -0.381 e.